The Balaban J connectivity index is 1.20. The van der Waals surface area contributed by atoms with E-state index >= 15 is 0 Å². The number of allylic oxidation sites excluding steroid dienone is 4. The first-order chi connectivity index (χ1) is 31.7. The minimum Gasteiger partial charge on any atom is -0.494 e. The lowest BCUT2D eigenvalue weighted by Crippen LogP contribution is -1.97. The maximum atomic E-state index is 6.03. The van der Waals surface area contributed by atoms with Gasteiger partial charge in [-0.15, -0.1) is 0 Å². The Morgan fingerprint density at radius 3 is 1.09 bits per heavy atom. The fraction of sp³-hybridized carbons (Fsp3) is 0.200. The maximum Gasteiger partial charge on any atom is 0.119 e. The molecule has 4 heteroatoms. The fourth-order valence-electron chi connectivity index (χ4n) is 7.59. The molecule has 4 nitrogen and oxygen atoms in total. The second kappa shape index (κ2) is 24.6. The van der Waals surface area contributed by atoms with E-state index in [1.54, 1.807) is 0 Å². The van der Waals surface area contributed by atoms with Crippen molar-refractivity contribution in [3.8, 4) is 56.0 Å². The highest BCUT2D eigenvalue weighted by Crippen LogP contribution is 2.36. The molecule has 2 heterocycles. The zero-order chi connectivity index (χ0) is 44.0. The maximum absolute atomic E-state index is 6.03. The SMILES string of the molecule is CCCCCCOc1ccc(-c2ccc(-c3cc(/C=C/C=C/c4ccccn4)c(-c4ccc(-c5ccc(OCCCCCC)cc5)cc4)cc3/C=C/C=C/c3ccccn3)cc2)cc1. The lowest BCUT2D eigenvalue weighted by molar-refractivity contribution is 0.305. The first kappa shape index (κ1) is 45.0. The van der Waals surface area contributed by atoms with E-state index in [1.807, 2.05) is 60.9 Å². The molecule has 0 saturated heterocycles. The van der Waals surface area contributed by atoms with E-state index in [0.29, 0.717) is 0 Å². The summed E-state index contributed by atoms with van der Waals surface area (Å²) in [4.78, 5) is 8.94. The fourth-order valence-corrected chi connectivity index (χ4v) is 7.59. The number of hydrogen-bond acceptors (Lipinski definition) is 4. The van der Waals surface area contributed by atoms with Crippen molar-refractivity contribution in [1.82, 2.24) is 9.97 Å². The number of rotatable bonds is 22. The normalized spacial score (nSPS) is 11.7. The largest absolute Gasteiger partial charge is 0.494 e. The summed E-state index contributed by atoms with van der Waals surface area (Å²) >= 11 is 0. The van der Waals surface area contributed by atoms with Gasteiger partial charge in [-0.1, -0.05) is 174 Å². The number of hydrogen-bond donors (Lipinski definition) is 0. The molecule has 0 N–H and O–H groups in total. The molecule has 0 saturated carbocycles. The molecule has 0 aliphatic rings. The van der Waals surface area contributed by atoms with Crippen molar-refractivity contribution >= 4 is 24.3 Å². The van der Waals surface area contributed by atoms with Gasteiger partial charge in [-0.25, -0.2) is 0 Å². The van der Waals surface area contributed by atoms with Crippen molar-refractivity contribution in [3.63, 3.8) is 0 Å². The summed E-state index contributed by atoms with van der Waals surface area (Å²) in [7, 11) is 0. The van der Waals surface area contributed by atoms with E-state index in [-0.39, 0.29) is 0 Å². The third-order valence-corrected chi connectivity index (χ3v) is 11.2. The molecule has 0 spiro atoms. The van der Waals surface area contributed by atoms with Crippen molar-refractivity contribution in [3.05, 3.63) is 205 Å². The Morgan fingerprint density at radius 1 is 0.375 bits per heavy atom. The van der Waals surface area contributed by atoms with Crippen LogP contribution in [-0.2, 0) is 0 Å². The predicted molar refractivity (Wildman–Crippen MR) is 272 cm³/mol. The third kappa shape index (κ3) is 13.5. The molecule has 0 radical (unpaired) electrons. The molecule has 7 aromatic rings. The van der Waals surface area contributed by atoms with Gasteiger partial charge in [0.15, 0.2) is 0 Å². The Labute approximate surface area is 381 Å². The van der Waals surface area contributed by atoms with Crippen LogP contribution in [0.1, 0.15) is 87.7 Å². The minimum atomic E-state index is 0.759. The minimum absolute atomic E-state index is 0.759. The van der Waals surface area contributed by atoms with Crippen LogP contribution < -0.4 is 9.47 Å². The summed E-state index contributed by atoms with van der Waals surface area (Å²) in [5, 5.41) is 0. The molecule has 322 valence electrons. The molecule has 0 bridgehead atoms. The molecule has 0 aliphatic carbocycles. The van der Waals surface area contributed by atoms with Gasteiger partial charge in [0.25, 0.3) is 0 Å². The van der Waals surface area contributed by atoms with E-state index in [0.717, 1.165) is 105 Å². The van der Waals surface area contributed by atoms with Gasteiger partial charge in [-0.3, -0.25) is 9.97 Å². The number of pyridine rings is 2. The van der Waals surface area contributed by atoms with Crippen LogP contribution in [0.15, 0.2) is 182 Å². The van der Waals surface area contributed by atoms with E-state index in [4.69, 9.17) is 9.47 Å². The quantitative estimate of drug-likeness (QED) is 0.0504. The van der Waals surface area contributed by atoms with E-state index in [1.165, 1.54) is 38.5 Å². The first-order valence-electron chi connectivity index (χ1n) is 23.0. The Morgan fingerprint density at radius 2 is 0.734 bits per heavy atom. The van der Waals surface area contributed by atoms with Gasteiger partial charge in [0.1, 0.15) is 11.5 Å². The van der Waals surface area contributed by atoms with Crippen LogP contribution in [0.5, 0.6) is 11.5 Å². The zero-order valence-electron chi connectivity index (χ0n) is 37.4. The molecule has 0 aliphatic heterocycles. The highest BCUT2D eigenvalue weighted by atomic mass is 16.5. The molecule has 2 aromatic heterocycles. The van der Waals surface area contributed by atoms with Gasteiger partial charge in [0, 0.05) is 12.4 Å². The Bertz CT molecular complexity index is 2390. The van der Waals surface area contributed by atoms with Crippen LogP contribution in [0.2, 0.25) is 0 Å². The number of nitrogens with zero attached hydrogens (tertiary/aromatic N) is 2. The van der Waals surface area contributed by atoms with Crippen LogP contribution in [0.25, 0.3) is 68.8 Å². The van der Waals surface area contributed by atoms with Crippen molar-refractivity contribution in [2.45, 2.75) is 65.2 Å². The van der Waals surface area contributed by atoms with Gasteiger partial charge < -0.3 is 9.47 Å². The van der Waals surface area contributed by atoms with Crippen LogP contribution in [0, 0.1) is 0 Å². The molecule has 64 heavy (non-hydrogen) atoms. The summed E-state index contributed by atoms with van der Waals surface area (Å²) in [5.41, 5.74) is 13.3. The third-order valence-electron chi connectivity index (χ3n) is 11.2. The molecular formula is C60H60N2O2. The highest BCUT2D eigenvalue weighted by molar-refractivity contribution is 5.87. The second-order valence-corrected chi connectivity index (χ2v) is 16.0. The Kier molecular flexibility index (Phi) is 17.3. The van der Waals surface area contributed by atoms with Gasteiger partial charge in [0.2, 0.25) is 0 Å². The molecule has 0 fully saturated rings. The summed E-state index contributed by atoms with van der Waals surface area (Å²) in [6, 6.07) is 51.3. The number of aromatic nitrogens is 2. The average Bonchev–Trinajstić information content (AvgIpc) is 3.35. The number of ether oxygens (including phenoxy) is 2. The average molecular weight is 841 g/mol. The van der Waals surface area contributed by atoms with Gasteiger partial charge >= 0.3 is 0 Å². The molecular weight excluding hydrogens is 781 g/mol. The summed E-state index contributed by atoms with van der Waals surface area (Å²) < 4.78 is 12.1. The van der Waals surface area contributed by atoms with Crippen LogP contribution in [-0.4, -0.2) is 23.2 Å². The Hall–Kier alpha value is -7.04. The van der Waals surface area contributed by atoms with Gasteiger partial charge in [-0.2, -0.15) is 0 Å². The first-order valence-corrected chi connectivity index (χ1v) is 23.0. The number of unbranched alkanes of at least 4 members (excludes halogenated alkanes) is 6. The molecule has 0 unspecified atom stereocenters. The van der Waals surface area contributed by atoms with Gasteiger partial charge in [-0.05, 0) is 141 Å². The van der Waals surface area contributed by atoms with Crippen molar-refractivity contribution in [2.75, 3.05) is 13.2 Å². The van der Waals surface area contributed by atoms with Gasteiger partial charge in [0.05, 0.1) is 24.6 Å². The zero-order valence-corrected chi connectivity index (χ0v) is 37.4. The topological polar surface area (TPSA) is 44.2 Å². The lowest BCUT2D eigenvalue weighted by Gasteiger charge is -2.15. The van der Waals surface area contributed by atoms with Crippen molar-refractivity contribution in [1.29, 1.82) is 0 Å². The summed E-state index contributed by atoms with van der Waals surface area (Å²) in [6.45, 7) is 5.98. The van der Waals surface area contributed by atoms with Crippen LogP contribution in [0.3, 0.4) is 0 Å². The second-order valence-electron chi connectivity index (χ2n) is 16.0. The highest BCUT2D eigenvalue weighted by Gasteiger charge is 2.12. The molecule has 7 rings (SSSR count). The van der Waals surface area contributed by atoms with E-state index in [9.17, 15) is 0 Å². The molecule has 5 aromatic carbocycles. The van der Waals surface area contributed by atoms with Crippen LogP contribution >= 0.6 is 0 Å². The number of benzene rings is 5. The van der Waals surface area contributed by atoms with E-state index in [2.05, 4.69) is 169 Å². The monoisotopic (exact) mass is 840 g/mol. The van der Waals surface area contributed by atoms with Crippen molar-refractivity contribution in [2.24, 2.45) is 0 Å². The summed E-state index contributed by atoms with van der Waals surface area (Å²) in [5.74, 6) is 1.84. The predicted octanol–water partition coefficient (Wildman–Crippen LogP) is 16.5. The molecule has 0 atom stereocenters. The van der Waals surface area contributed by atoms with Crippen molar-refractivity contribution < 1.29 is 9.47 Å². The van der Waals surface area contributed by atoms with Crippen LogP contribution in [0.4, 0.5) is 0 Å². The lowest BCUT2D eigenvalue weighted by atomic mass is 9.89. The smallest absolute Gasteiger partial charge is 0.119 e. The standard InChI is InChI=1S/C60H60N2O2/c1-3-5-7-17-43-63-57-37-33-49(34-38-57)47-25-29-51(30-26-47)59-45-54(20-10-12-22-56-24-14-16-42-62-56)60(46-53(59)19-9-11-21-55-23-13-15-41-61-55)52-31-27-48(28-32-52)50-35-39-58(40-36-50)64-44-18-8-6-4-2/h9-16,19-42,45-46H,3-8,17-18,43-44H2,1-2H3/b19-9+,20-10+,21-11+,22-12+. The van der Waals surface area contributed by atoms with E-state index < -0.39 is 0 Å². The molecule has 0 amide bonds. The summed E-state index contributed by atoms with van der Waals surface area (Å²) in [6.07, 6.45) is 30.0.